The molecule has 7 heteroatoms. The number of carbonyl (C=O) groups excluding carboxylic acids is 2. The lowest BCUT2D eigenvalue weighted by Gasteiger charge is -2.41. The highest BCUT2D eigenvalue weighted by molar-refractivity contribution is 6.74. The third-order valence-corrected chi connectivity index (χ3v) is 30.5. The van der Waals surface area contributed by atoms with E-state index in [2.05, 4.69) is 66.8 Å². The van der Waals surface area contributed by atoms with Gasteiger partial charge in [-0.3, -0.25) is 9.59 Å². The maximum Gasteiger partial charge on any atom is 0.311 e. The maximum absolute atomic E-state index is 13.4. The molecule has 6 nitrogen and oxygen atoms in total. The van der Waals surface area contributed by atoms with Crippen molar-refractivity contribution in [1.29, 1.82) is 0 Å². The third-order valence-electron chi connectivity index (χ3n) is 26.0. The van der Waals surface area contributed by atoms with E-state index in [0.717, 1.165) is 49.9 Å². The summed E-state index contributed by atoms with van der Waals surface area (Å²) in [5.74, 6) is 3.49. The van der Waals surface area contributed by atoms with Gasteiger partial charge in [0.15, 0.2) is 8.32 Å². The van der Waals surface area contributed by atoms with Crippen LogP contribution in [0.2, 0.25) is 18.1 Å². The highest BCUT2D eigenvalue weighted by atomic mass is 28.4. The van der Waals surface area contributed by atoms with Gasteiger partial charge in [-0.15, -0.1) is 0 Å². The first kappa shape index (κ1) is 104. The molecular weight excluding hydrogens is 1330 g/mol. The first-order chi connectivity index (χ1) is 51.9. The van der Waals surface area contributed by atoms with Gasteiger partial charge < -0.3 is 18.6 Å². The van der Waals surface area contributed by atoms with E-state index in [4.69, 9.17) is 18.6 Å². The number of hydrogen-bond acceptors (Lipinski definition) is 6. The van der Waals surface area contributed by atoms with Crippen LogP contribution >= 0.6 is 0 Å². The molecule has 0 spiro atoms. The van der Waals surface area contributed by atoms with Crippen LogP contribution < -0.4 is 0 Å². The molecule has 1 unspecified atom stereocenters. The summed E-state index contributed by atoms with van der Waals surface area (Å²) in [4.78, 5) is 25.3. The smallest absolute Gasteiger partial charge is 0.311 e. The van der Waals surface area contributed by atoms with E-state index in [9.17, 15) is 9.59 Å². The van der Waals surface area contributed by atoms with Gasteiger partial charge >= 0.3 is 11.9 Å². The molecule has 1 aliphatic carbocycles. The zero-order valence-electron chi connectivity index (χ0n) is 75.5. The van der Waals surface area contributed by atoms with Crippen LogP contribution in [0.3, 0.4) is 0 Å². The standard InChI is InChI=1S/C100H196O6Si/c1-14-15-16-17-18-19-20-21-22-33-41-48-55-62-69-76-83-91(3)95(103-10)86-79-72-65-58-51-44-38-37-40-47-54-61-68-75-82-90(2)94-89-92(94)84-77-70-63-56-49-42-34-30-31-36-45-52-59-66-73-80-87-96(106-107(12,13)100(7,8)9)93(97(101)104-11)85-78-71-64-57-50-43-35-29-27-25-23-24-26-28-32-39-46-53-60-67-74-81-88-105-98(102)99(4,5)6/h30-31,90-96H,14-29,32-89H2,1-13H3/t90-,91-,92+,93+,94?,95-,96+/m0/s1. The Morgan fingerprint density at radius 1 is 0.374 bits per heavy atom. The lowest BCUT2D eigenvalue weighted by molar-refractivity contribution is -0.153. The Labute approximate surface area is 673 Å². The largest absolute Gasteiger partial charge is 0.469 e. The van der Waals surface area contributed by atoms with E-state index in [1.807, 2.05) is 27.9 Å². The lowest BCUT2D eigenvalue weighted by atomic mass is 9.91. The fourth-order valence-corrected chi connectivity index (χ4v) is 18.5. The topological polar surface area (TPSA) is 71.1 Å². The molecule has 1 aliphatic rings. The van der Waals surface area contributed by atoms with Gasteiger partial charge in [-0.05, 0) is 127 Å². The molecule has 0 saturated heterocycles. The van der Waals surface area contributed by atoms with Crippen molar-refractivity contribution in [2.24, 2.45) is 35.0 Å². The quantitative estimate of drug-likeness (QED) is 0.0262. The van der Waals surface area contributed by atoms with Gasteiger partial charge in [0.25, 0.3) is 0 Å². The summed E-state index contributed by atoms with van der Waals surface area (Å²) in [7, 11) is 1.48. The summed E-state index contributed by atoms with van der Waals surface area (Å²) in [5, 5.41) is 0.108. The van der Waals surface area contributed by atoms with Gasteiger partial charge in [0.1, 0.15) is 0 Å². The average Bonchev–Trinajstić information content (AvgIpc) is 1.55. The molecule has 0 radical (unpaired) electrons. The molecule has 0 heterocycles. The second-order valence-corrected chi connectivity index (χ2v) is 43.1. The Morgan fingerprint density at radius 2 is 0.673 bits per heavy atom. The third kappa shape index (κ3) is 64.7. The minimum Gasteiger partial charge on any atom is -0.469 e. The highest BCUT2D eigenvalue weighted by Crippen LogP contribution is 2.49. The normalized spacial score (nSPS) is 15.7. The summed E-state index contributed by atoms with van der Waals surface area (Å²) >= 11 is 0. The molecule has 0 aromatic rings. The molecule has 1 saturated carbocycles. The Balaban J connectivity index is 1.99. The van der Waals surface area contributed by atoms with Gasteiger partial charge in [-0.25, -0.2) is 0 Å². The summed E-state index contributed by atoms with van der Waals surface area (Å²) in [5.41, 5.74) is -0.390. The Morgan fingerprint density at radius 3 is 1.01 bits per heavy atom. The fraction of sp³-hybridized carbons (Fsp3) is 0.960. The van der Waals surface area contributed by atoms with E-state index >= 15 is 0 Å². The van der Waals surface area contributed by atoms with Gasteiger partial charge in [-0.1, -0.05) is 458 Å². The monoisotopic (exact) mass is 1520 g/mol. The number of rotatable bonds is 84. The van der Waals surface area contributed by atoms with Crippen molar-refractivity contribution in [1.82, 2.24) is 0 Å². The minimum absolute atomic E-state index is 0.0369. The summed E-state index contributed by atoms with van der Waals surface area (Å²) in [6, 6.07) is 0. The van der Waals surface area contributed by atoms with E-state index in [-0.39, 0.29) is 29.0 Å². The molecule has 0 bridgehead atoms. The number of ether oxygens (including phenoxy) is 3. The molecule has 7 atom stereocenters. The highest BCUT2D eigenvalue weighted by Gasteiger charge is 2.42. The number of methoxy groups -OCH3 is 2. The van der Waals surface area contributed by atoms with Crippen LogP contribution in [0, 0.1) is 35.0 Å². The van der Waals surface area contributed by atoms with Gasteiger partial charge in [0.2, 0.25) is 0 Å². The molecule has 0 aliphatic heterocycles. The number of carbonyl (C=O) groups is 2. The number of allylic oxidation sites excluding steroid dienone is 2. The number of hydrogen-bond donors (Lipinski definition) is 0. The second kappa shape index (κ2) is 73.7. The predicted molar refractivity (Wildman–Crippen MR) is 476 cm³/mol. The predicted octanol–water partition coefficient (Wildman–Crippen LogP) is 34.3. The van der Waals surface area contributed by atoms with E-state index in [1.165, 1.54) is 437 Å². The first-order valence-electron chi connectivity index (χ1n) is 49.0. The summed E-state index contributed by atoms with van der Waals surface area (Å²) < 4.78 is 24.0. The number of unbranched alkanes of at least 4 members (excludes halogenated alkanes) is 61. The Hall–Kier alpha value is -1.18. The molecular formula is C100H196O6Si. The van der Waals surface area contributed by atoms with Crippen molar-refractivity contribution >= 4 is 20.3 Å². The molecule has 636 valence electrons. The van der Waals surface area contributed by atoms with E-state index < -0.39 is 13.7 Å². The van der Waals surface area contributed by atoms with E-state index in [0.29, 0.717) is 18.6 Å². The van der Waals surface area contributed by atoms with Crippen molar-refractivity contribution in [2.45, 2.75) is 561 Å². The van der Waals surface area contributed by atoms with Crippen LogP contribution in [0.5, 0.6) is 0 Å². The van der Waals surface area contributed by atoms with Crippen LogP contribution in [0.4, 0.5) is 0 Å². The molecule has 1 fully saturated rings. The second-order valence-electron chi connectivity index (χ2n) is 38.4. The van der Waals surface area contributed by atoms with Crippen molar-refractivity contribution in [3.63, 3.8) is 0 Å². The van der Waals surface area contributed by atoms with Crippen LogP contribution in [-0.2, 0) is 28.2 Å². The zero-order valence-corrected chi connectivity index (χ0v) is 76.5. The average molecular weight is 1520 g/mol. The van der Waals surface area contributed by atoms with Gasteiger partial charge in [0, 0.05) is 7.11 Å². The summed E-state index contributed by atoms with van der Waals surface area (Å²) in [6.07, 6.45) is 106. The minimum atomic E-state index is -2.06. The summed E-state index contributed by atoms with van der Waals surface area (Å²) in [6.45, 7) is 25.3. The van der Waals surface area contributed by atoms with Crippen LogP contribution in [0.15, 0.2) is 12.2 Å². The van der Waals surface area contributed by atoms with Crippen LogP contribution in [0.25, 0.3) is 0 Å². The molecule has 0 N–H and O–H groups in total. The fourth-order valence-electron chi connectivity index (χ4n) is 17.1. The van der Waals surface area contributed by atoms with Crippen molar-refractivity contribution < 1.29 is 28.2 Å². The van der Waals surface area contributed by atoms with Gasteiger partial charge in [0.05, 0.1) is 37.3 Å². The molecule has 0 amide bonds. The van der Waals surface area contributed by atoms with Crippen molar-refractivity contribution in [2.75, 3.05) is 20.8 Å². The molecule has 1 rings (SSSR count). The zero-order chi connectivity index (χ0) is 78.3. The Bertz CT molecular complexity index is 1900. The van der Waals surface area contributed by atoms with Crippen LogP contribution in [0.1, 0.15) is 531 Å². The van der Waals surface area contributed by atoms with Crippen molar-refractivity contribution in [3.05, 3.63) is 12.2 Å². The first-order valence-corrected chi connectivity index (χ1v) is 51.9. The van der Waals surface area contributed by atoms with Gasteiger partial charge in [-0.2, -0.15) is 0 Å². The maximum atomic E-state index is 13.4. The SMILES string of the molecule is CCCCCCCCCCCCCCCCCC[C@H](C)[C@H](CCCCCCCCCCCCCCCC[C@H](C)C1C[C@H]1CCCCCCCCC=CCCCCCCCC[C@@H](O[Si](C)(C)C(C)(C)C)[C@@H](CCCCCCCCCCCCCCCCCCCCCCCCOC(=O)C(C)(C)C)C(=O)OC)OC. The van der Waals surface area contributed by atoms with E-state index in [1.54, 1.807) is 7.11 Å². The van der Waals surface area contributed by atoms with Crippen molar-refractivity contribution in [3.8, 4) is 0 Å². The number of esters is 2. The van der Waals surface area contributed by atoms with Crippen LogP contribution in [-0.4, -0.2) is 53.3 Å². The lowest BCUT2D eigenvalue weighted by Crippen LogP contribution is -2.47. The molecule has 107 heavy (non-hydrogen) atoms. The molecule has 0 aromatic heterocycles. The molecule has 0 aromatic carbocycles. The Kier molecular flexibility index (Phi) is 71.5.